The normalized spacial score (nSPS) is 17.1. The fourth-order valence-electron chi connectivity index (χ4n) is 5.36. The lowest BCUT2D eigenvalue weighted by atomic mass is 9.96. The lowest BCUT2D eigenvalue weighted by molar-refractivity contribution is 0.417. The van der Waals surface area contributed by atoms with Crippen LogP contribution in [0.4, 0.5) is 11.4 Å². The number of thiocarbonyl (C=S) groups is 1. The molecule has 1 aliphatic rings. The second kappa shape index (κ2) is 10.8. The number of anilines is 2. The topological polar surface area (TPSA) is 88.5 Å². The summed E-state index contributed by atoms with van der Waals surface area (Å²) in [7, 11) is -1.99. The molecule has 0 spiro atoms. The molecule has 0 aliphatic carbocycles. The van der Waals surface area contributed by atoms with E-state index in [2.05, 4.69) is 45.6 Å². The monoisotopic (exact) mass is 595 g/mol. The molecular formula is C29H30ClN5O3S2. The molecule has 208 valence electrons. The predicted molar refractivity (Wildman–Crippen MR) is 164 cm³/mol. The van der Waals surface area contributed by atoms with E-state index in [-0.39, 0.29) is 12.1 Å². The number of pyridine rings is 1. The van der Waals surface area contributed by atoms with E-state index in [1.54, 1.807) is 18.3 Å². The maximum absolute atomic E-state index is 11.9. The number of rotatable bonds is 7. The van der Waals surface area contributed by atoms with Crippen LogP contribution in [0.3, 0.4) is 0 Å². The van der Waals surface area contributed by atoms with Gasteiger partial charge in [0.1, 0.15) is 5.75 Å². The molecule has 1 saturated heterocycles. The second-order valence-electron chi connectivity index (χ2n) is 9.80. The summed E-state index contributed by atoms with van der Waals surface area (Å²) in [5.41, 5.74) is 7.13. The van der Waals surface area contributed by atoms with Crippen molar-refractivity contribution in [3.05, 3.63) is 100 Å². The number of halogens is 1. The Labute approximate surface area is 245 Å². The number of ether oxygens (including phenoxy) is 1. The van der Waals surface area contributed by atoms with Crippen molar-refractivity contribution in [3.8, 4) is 11.4 Å². The average molecular weight is 596 g/mol. The van der Waals surface area contributed by atoms with E-state index in [1.165, 1.54) is 7.11 Å². The van der Waals surface area contributed by atoms with E-state index in [1.807, 2.05) is 48.2 Å². The first-order valence-electron chi connectivity index (χ1n) is 12.6. The summed E-state index contributed by atoms with van der Waals surface area (Å²) in [4.78, 5) is 6.70. The van der Waals surface area contributed by atoms with Crippen molar-refractivity contribution < 1.29 is 13.2 Å². The van der Waals surface area contributed by atoms with Gasteiger partial charge in [0.2, 0.25) is 10.0 Å². The van der Waals surface area contributed by atoms with Crippen LogP contribution in [-0.4, -0.2) is 36.4 Å². The molecule has 4 aromatic rings. The number of methoxy groups -OCH3 is 1. The van der Waals surface area contributed by atoms with Crippen LogP contribution in [0.15, 0.2) is 66.9 Å². The first-order valence-corrected chi connectivity index (χ1v) is 15.3. The summed E-state index contributed by atoms with van der Waals surface area (Å²) in [6.45, 7) is 6.19. The summed E-state index contributed by atoms with van der Waals surface area (Å²) in [5, 5.41) is 4.72. The highest BCUT2D eigenvalue weighted by molar-refractivity contribution is 7.92. The third-order valence-electron chi connectivity index (χ3n) is 7.13. The number of nitrogens with zero attached hydrogens (tertiary/aromatic N) is 3. The molecule has 0 bridgehead atoms. The summed E-state index contributed by atoms with van der Waals surface area (Å²) >= 11 is 12.4. The fourth-order valence-corrected chi connectivity index (χ4v) is 6.44. The van der Waals surface area contributed by atoms with Crippen LogP contribution in [0, 0.1) is 20.8 Å². The van der Waals surface area contributed by atoms with Gasteiger partial charge < -0.3 is 19.5 Å². The van der Waals surface area contributed by atoms with Crippen LogP contribution in [0.2, 0.25) is 5.02 Å². The van der Waals surface area contributed by atoms with Crippen molar-refractivity contribution >= 4 is 50.3 Å². The highest BCUT2D eigenvalue weighted by atomic mass is 35.5. The summed E-state index contributed by atoms with van der Waals surface area (Å²) in [6, 6.07) is 18.7. The molecular weight excluding hydrogens is 566 g/mol. The lowest BCUT2D eigenvalue weighted by Crippen LogP contribution is -2.29. The Balaban J connectivity index is 1.68. The number of aryl methyl sites for hydroxylation is 1. The van der Waals surface area contributed by atoms with E-state index in [9.17, 15) is 8.42 Å². The van der Waals surface area contributed by atoms with E-state index in [0.717, 1.165) is 45.8 Å². The van der Waals surface area contributed by atoms with Gasteiger partial charge >= 0.3 is 0 Å². The molecule has 40 heavy (non-hydrogen) atoms. The minimum atomic E-state index is -3.49. The van der Waals surface area contributed by atoms with Crippen LogP contribution in [0.1, 0.15) is 40.3 Å². The highest BCUT2D eigenvalue weighted by Gasteiger charge is 2.42. The van der Waals surface area contributed by atoms with Gasteiger partial charge in [-0.15, -0.1) is 0 Å². The SMILES string of the molecule is COc1cc(N2C(=S)NC(c3ccccn3)C2c2cc(C)n(-c3cccc(Cl)c3C)c2C)ccc1NS(C)(=O)=O. The third-order valence-corrected chi connectivity index (χ3v) is 8.44. The minimum Gasteiger partial charge on any atom is -0.494 e. The Morgan fingerprint density at radius 3 is 2.52 bits per heavy atom. The Bertz CT molecular complexity index is 1710. The molecule has 1 fully saturated rings. The molecule has 1 aliphatic heterocycles. The Morgan fingerprint density at radius 2 is 1.85 bits per heavy atom. The van der Waals surface area contributed by atoms with Gasteiger partial charge in [-0.25, -0.2) is 8.42 Å². The summed E-state index contributed by atoms with van der Waals surface area (Å²) in [5.74, 6) is 0.380. The molecule has 0 radical (unpaired) electrons. The van der Waals surface area contributed by atoms with Crippen molar-refractivity contribution in [2.45, 2.75) is 32.9 Å². The van der Waals surface area contributed by atoms with E-state index in [0.29, 0.717) is 21.6 Å². The van der Waals surface area contributed by atoms with Gasteiger partial charge in [0, 0.05) is 40.0 Å². The Morgan fingerprint density at radius 1 is 1.07 bits per heavy atom. The van der Waals surface area contributed by atoms with Crippen molar-refractivity contribution in [1.82, 2.24) is 14.9 Å². The van der Waals surface area contributed by atoms with Crippen molar-refractivity contribution in [1.29, 1.82) is 0 Å². The highest BCUT2D eigenvalue weighted by Crippen LogP contribution is 2.45. The zero-order valence-electron chi connectivity index (χ0n) is 22.8. The molecule has 8 nitrogen and oxygen atoms in total. The van der Waals surface area contributed by atoms with Gasteiger partial charge in [-0.05, 0) is 86.6 Å². The summed E-state index contributed by atoms with van der Waals surface area (Å²) in [6.07, 6.45) is 2.87. The second-order valence-corrected chi connectivity index (χ2v) is 12.3. The molecule has 0 saturated carbocycles. The predicted octanol–water partition coefficient (Wildman–Crippen LogP) is 6.01. The van der Waals surface area contributed by atoms with Crippen molar-refractivity contribution in [2.75, 3.05) is 23.0 Å². The van der Waals surface area contributed by atoms with Gasteiger partial charge in [-0.3, -0.25) is 9.71 Å². The van der Waals surface area contributed by atoms with Crippen LogP contribution < -0.4 is 19.7 Å². The molecule has 3 heterocycles. The number of sulfonamides is 1. The van der Waals surface area contributed by atoms with Crippen LogP contribution >= 0.6 is 23.8 Å². The Kier molecular flexibility index (Phi) is 7.52. The quantitative estimate of drug-likeness (QED) is 0.253. The van der Waals surface area contributed by atoms with Crippen molar-refractivity contribution in [2.24, 2.45) is 0 Å². The van der Waals surface area contributed by atoms with E-state index >= 15 is 0 Å². The number of nitrogens with one attached hydrogen (secondary N) is 2. The fraction of sp³-hybridized carbons (Fsp3) is 0.241. The maximum atomic E-state index is 11.9. The summed E-state index contributed by atoms with van der Waals surface area (Å²) < 4.78 is 34.1. The largest absolute Gasteiger partial charge is 0.494 e. The molecule has 2 atom stereocenters. The first-order chi connectivity index (χ1) is 19.0. The third kappa shape index (κ3) is 5.14. The standard InChI is InChI=1S/C29H30ClN5O3S2/c1-17-15-21(19(3)34(17)25-11-8-9-22(30)18(25)2)28-27(24-10-6-7-14-31-24)32-29(39)35(28)20-12-13-23(26(16-20)38-4)33-40(5,36)37/h6-16,27-28,33H,1-5H3,(H,32,39). The van der Waals surface area contributed by atoms with Crippen LogP contribution in [0.25, 0.3) is 5.69 Å². The number of hydrogen-bond donors (Lipinski definition) is 2. The molecule has 2 N–H and O–H groups in total. The van der Waals surface area contributed by atoms with Gasteiger partial charge in [0.25, 0.3) is 0 Å². The molecule has 2 aromatic heterocycles. The smallest absolute Gasteiger partial charge is 0.229 e. The molecule has 2 aromatic carbocycles. The Hall–Kier alpha value is -3.60. The van der Waals surface area contributed by atoms with Crippen LogP contribution in [-0.2, 0) is 10.0 Å². The molecule has 2 unspecified atom stereocenters. The van der Waals surface area contributed by atoms with Gasteiger partial charge in [0.05, 0.1) is 36.8 Å². The molecule has 11 heteroatoms. The van der Waals surface area contributed by atoms with E-state index < -0.39 is 10.0 Å². The zero-order valence-corrected chi connectivity index (χ0v) is 25.2. The van der Waals surface area contributed by atoms with Gasteiger partial charge in [0.15, 0.2) is 5.11 Å². The zero-order chi connectivity index (χ0) is 28.8. The van der Waals surface area contributed by atoms with Gasteiger partial charge in [-0.1, -0.05) is 23.7 Å². The minimum absolute atomic E-state index is 0.247. The first kappa shape index (κ1) is 27.9. The van der Waals surface area contributed by atoms with Gasteiger partial charge in [-0.2, -0.15) is 0 Å². The lowest BCUT2D eigenvalue weighted by Gasteiger charge is -2.29. The maximum Gasteiger partial charge on any atom is 0.229 e. The van der Waals surface area contributed by atoms with Crippen molar-refractivity contribution in [3.63, 3.8) is 0 Å². The molecule has 5 rings (SSSR count). The molecule has 0 amide bonds. The number of aromatic nitrogens is 2. The number of hydrogen-bond acceptors (Lipinski definition) is 5. The van der Waals surface area contributed by atoms with Crippen LogP contribution in [0.5, 0.6) is 5.75 Å². The average Bonchev–Trinajstić information content (AvgIpc) is 3.40. The number of benzene rings is 2. The van der Waals surface area contributed by atoms with E-state index in [4.69, 9.17) is 28.6 Å².